The van der Waals surface area contributed by atoms with Crippen LogP contribution in [-0.4, -0.2) is 19.1 Å². The lowest BCUT2D eigenvalue weighted by atomic mass is 9.95. The molecule has 0 bridgehead atoms. The summed E-state index contributed by atoms with van der Waals surface area (Å²) in [6, 6.07) is 63.1. The van der Waals surface area contributed by atoms with Gasteiger partial charge in [-0.2, -0.15) is 0 Å². The second-order valence-electron chi connectivity index (χ2n) is 14.6. The highest BCUT2D eigenvalue weighted by Crippen LogP contribution is 2.39. The van der Waals surface area contributed by atoms with Gasteiger partial charge in [0.1, 0.15) is 0 Å². The van der Waals surface area contributed by atoms with E-state index in [0.29, 0.717) is 5.95 Å². The Labute approximate surface area is 325 Å². The second kappa shape index (κ2) is 13.2. The minimum atomic E-state index is 0.693. The maximum Gasteiger partial charge on any atom is 0.234 e. The average molecular weight is 717 g/mol. The molecule has 7 aromatic carbocycles. The van der Waals surface area contributed by atoms with E-state index in [1.54, 1.807) is 0 Å². The van der Waals surface area contributed by atoms with Crippen LogP contribution in [0.25, 0.3) is 95.1 Å². The second-order valence-corrected chi connectivity index (χ2v) is 14.6. The molecule has 0 saturated heterocycles. The predicted octanol–water partition coefficient (Wildman–Crippen LogP) is 13.1. The Hall–Kier alpha value is -7.30. The van der Waals surface area contributed by atoms with Crippen molar-refractivity contribution in [1.29, 1.82) is 0 Å². The van der Waals surface area contributed by atoms with Crippen molar-refractivity contribution in [3.8, 4) is 56.3 Å². The van der Waals surface area contributed by atoms with Crippen molar-refractivity contribution in [2.45, 2.75) is 12.8 Å². The summed E-state index contributed by atoms with van der Waals surface area (Å²) in [7, 11) is 0. The first-order valence-electron chi connectivity index (χ1n) is 19.3. The van der Waals surface area contributed by atoms with E-state index in [9.17, 15) is 0 Å². The number of rotatable bonds is 6. The van der Waals surface area contributed by atoms with Crippen molar-refractivity contribution in [2.75, 3.05) is 0 Å². The monoisotopic (exact) mass is 716 g/mol. The molecule has 4 nitrogen and oxygen atoms in total. The largest absolute Gasteiger partial charge is 0.309 e. The van der Waals surface area contributed by atoms with Gasteiger partial charge >= 0.3 is 0 Å². The average Bonchev–Trinajstić information content (AvgIpc) is 3.79. The number of para-hydroxylation sites is 2. The van der Waals surface area contributed by atoms with Crippen molar-refractivity contribution in [3.05, 3.63) is 199 Å². The molecule has 0 atom stereocenters. The van der Waals surface area contributed by atoms with Crippen LogP contribution in [0.15, 0.2) is 188 Å². The van der Waals surface area contributed by atoms with Gasteiger partial charge in [-0.15, -0.1) is 0 Å². The zero-order valence-electron chi connectivity index (χ0n) is 30.7. The standard InChI is InChI=1S/C52H36N4/c1-4-14-35(15-5-1)39-30-40(36-16-6-2-7-17-36)32-41(31-39)47-28-29-53-52(54-47)56-49-23-13-11-21-44(49)46-34-38(25-27-51(46)56)37-24-26-50-45(33-37)43-20-10-12-22-48(43)55(50)42-18-8-3-9-19-42/h1-12,14-22,24-34H,13,23H2. The topological polar surface area (TPSA) is 35.6 Å². The fraction of sp³-hybridized carbons (Fsp3) is 0.0385. The maximum atomic E-state index is 5.31. The van der Waals surface area contributed by atoms with Crippen molar-refractivity contribution in [3.63, 3.8) is 0 Å². The Morgan fingerprint density at radius 3 is 1.73 bits per heavy atom. The molecule has 4 heteroatoms. The quantitative estimate of drug-likeness (QED) is 0.172. The SMILES string of the molecule is C1=Cc2c(n(-c3nccc(-c4cc(-c5ccccc5)cc(-c5ccccc5)c4)n3)c3ccc(-c4ccc5c(c4)c4ccccc4n5-c4ccccc4)cc23)CC1. The fourth-order valence-corrected chi connectivity index (χ4v) is 8.62. The number of fused-ring (bicyclic) bond motifs is 6. The van der Waals surface area contributed by atoms with E-state index in [2.05, 4.69) is 191 Å². The van der Waals surface area contributed by atoms with Gasteiger partial charge in [0, 0.05) is 44.9 Å². The Balaban J connectivity index is 1.04. The van der Waals surface area contributed by atoms with Gasteiger partial charge in [-0.1, -0.05) is 121 Å². The van der Waals surface area contributed by atoms with Crippen LogP contribution in [0.5, 0.6) is 0 Å². The summed E-state index contributed by atoms with van der Waals surface area (Å²) in [6.07, 6.45) is 8.40. The molecule has 11 rings (SSSR count). The maximum absolute atomic E-state index is 5.31. The van der Waals surface area contributed by atoms with Crippen LogP contribution in [0.1, 0.15) is 17.7 Å². The first-order chi connectivity index (χ1) is 27.8. The van der Waals surface area contributed by atoms with Gasteiger partial charge in [0.15, 0.2) is 0 Å². The highest BCUT2D eigenvalue weighted by molar-refractivity contribution is 6.10. The third-order valence-electron chi connectivity index (χ3n) is 11.2. The Kier molecular flexibility index (Phi) is 7.59. The number of hydrogen-bond donors (Lipinski definition) is 0. The van der Waals surface area contributed by atoms with Gasteiger partial charge in [0.05, 0.1) is 22.2 Å². The molecule has 10 aromatic rings. The summed E-state index contributed by atoms with van der Waals surface area (Å²) < 4.78 is 4.66. The van der Waals surface area contributed by atoms with E-state index in [0.717, 1.165) is 40.7 Å². The lowest BCUT2D eigenvalue weighted by molar-refractivity contribution is 0.847. The minimum Gasteiger partial charge on any atom is -0.309 e. The first kappa shape index (κ1) is 32.2. The Morgan fingerprint density at radius 1 is 0.429 bits per heavy atom. The van der Waals surface area contributed by atoms with Crippen LogP contribution < -0.4 is 0 Å². The molecule has 0 unspecified atom stereocenters. The molecule has 0 radical (unpaired) electrons. The number of nitrogens with zero attached hydrogens (tertiary/aromatic N) is 4. The van der Waals surface area contributed by atoms with Gasteiger partial charge in [-0.3, -0.25) is 4.57 Å². The first-order valence-corrected chi connectivity index (χ1v) is 19.3. The van der Waals surface area contributed by atoms with Gasteiger partial charge in [0.25, 0.3) is 0 Å². The Morgan fingerprint density at radius 2 is 1.02 bits per heavy atom. The summed E-state index contributed by atoms with van der Waals surface area (Å²) in [5.41, 5.74) is 16.2. The van der Waals surface area contributed by atoms with Crippen molar-refractivity contribution in [2.24, 2.45) is 0 Å². The van der Waals surface area contributed by atoms with Crippen LogP contribution in [0.4, 0.5) is 0 Å². The number of benzene rings is 7. The van der Waals surface area contributed by atoms with E-state index in [1.807, 2.05) is 12.3 Å². The van der Waals surface area contributed by atoms with Crippen LogP contribution in [0, 0.1) is 0 Å². The summed E-state index contributed by atoms with van der Waals surface area (Å²) in [5, 5.41) is 3.72. The molecule has 0 spiro atoms. The van der Waals surface area contributed by atoms with Gasteiger partial charge in [-0.25, -0.2) is 9.97 Å². The molecule has 56 heavy (non-hydrogen) atoms. The lowest BCUT2D eigenvalue weighted by Crippen LogP contribution is -2.07. The predicted molar refractivity (Wildman–Crippen MR) is 232 cm³/mol. The normalized spacial score (nSPS) is 12.4. The van der Waals surface area contributed by atoms with E-state index >= 15 is 0 Å². The molecule has 0 N–H and O–H groups in total. The minimum absolute atomic E-state index is 0.693. The smallest absolute Gasteiger partial charge is 0.234 e. The Bertz CT molecular complexity index is 3060. The third-order valence-corrected chi connectivity index (χ3v) is 11.2. The van der Waals surface area contributed by atoms with Crippen molar-refractivity contribution < 1.29 is 0 Å². The highest BCUT2D eigenvalue weighted by Gasteiger charge is 2.22. The summed E-state index contributed by atoms with van der Waals surface area (Å²) >= 11 is 0. The molecular weight excluding hydrogens is 681 g/mol. The highest BCUT2D eigenvalue weighted by atomic mass is 15.2. The zero-order valence-corrected chi connectivity index (χ0v) is 30.7. The van der Waals surface area contributed by atoms with Crippen LogP contribution >= 0.6 is 0 Å². The number of aromatic nitrogens is 4. The molecule has 0 fully saturated rings. The molecule has 1 aliphatic carbocycles. The van der Waals surface area contributed by atoms with E-state index in [1.165, 1.54) is 66.4 Å². The van der Waals surface area contributed by atoms with E-state index in [4.69, 9.17) is 9.97 Å². The summed E-state index contributed by atoms with van der Waals surface area (Å²) in [4.78, 5) is 10.2. The van der Waals surface area contributed by atoms with Gasteiger partial charge < -0.3 is 4.57 Å². The molecule has 0 amide bonds. The van der Waals surface area contributed by atoms with Crippen molar-refractivity contribution in [1.82, 2.24) is 19.1 Å². The molecule has 0 saturated carbocycles. The molecule has 3 heterocycles. The lowest BCUT2D eigenvalue weighted by Gasteiger charge is -2.14. The van der Waals surface area contributed by atoms with Gasteiger partial charge in [-0.05, 0) is 113 Å². The molecule has 3 aromatic heterocycles. The summed E-state index contributed by atoms with van der Waals surface area (Å²) in [6.45, 7) is 0. The summed E-state index contributed by atoms with van der Waals surface area (Å²) in [5.74, 6) is 0.693. The number of hydrogen-bond acceptors (Lipinski definition) is 2. The zero-order chi connectivity index (χ0) is 37.0. The van der Waals surface area contributed by atoms with Crippen LogP contribution in [-0.2, 0) is 6.42 Å². The third kappa shape index (κ3) is 5.38. The molecule has 0 aliphatic heterocycles. The number of allylic oxidation sites excluding steroid dienone is 1. The van der Waals surface area contributed by atoms with E-state index in [-0.39, 0.29) is 0 Å². The molecule has 264 valence electrons. The van der Waals surface area contributed by atoms with E-state index < -0.39 is 0 Å². The van der Waals surface area contributed by atoms with Crippen LogP contribution in [0.3, 0.4) is 0 Å². The van der Waals surface area contributed by atoms with Crippen molar-refractivity contribution >= 4 is 38.8 Å². The van der Waals surface area contributed by atoms with Crippen LogP contribution in [0.2, 0.25) is 0 Å². The molecular formula is C52H36N4. The fourth-order valence-electron chi connectivity index (χ4n) is 8.62. The molecule has 1 aliphatic rings. The van der Waals surface area contributed by atoms with Gasteiger partial charge in [0.2, 0.25) is 5.95 Å².